The van der Waals surface area contributed by atoms with Crippen LogP contribution in [0.2, 0.25) is 0 Å². The Kier molecular flexibility index (Phi) is 10.6. The van der Waals surface area contributed by atoms with Crippen molar-refractivity contribution in [3.05, 3.63) is 53.9 Å². The summed E-state index contributed by atoms with van der Waals surface area (Å²) >= 11 is 0. The SMILES string of the molecule is C[C@@H](N)c1ccc(C(=O)Nc2ccncc2)cc1N.Cl.Cl.Cl. The van der Waals surface area contributed by atoms with E-state index in [1.165, 1.54) is 0 Å². The van der Waals surface area contributed by atoms with Gasteiger partial charge >= 0.3 is 0 Å². The van der Waals surface area contributed by atoms with Gasteiger partial charge in [-0.2, -0.15) is 0 Å². The lowest BCUT2D eigenvalue weighted by Gasteiger charge is -2.11. The highest BCUT2D eigenvalue weighted by atomic mass is 35.5. The first-order valence-electron chi connectivity index (χ1n) is 5.94. The van der Waals surface area contributed by atoms with Crippen molar-refractivity contribution in [2.45, 2.75) is 13.0 Å². The van der Waals surface area contributed by atoms with Crippen LogP contribution in [0.15, 0.2) is 42.7 Å². The zero-order valence-corrected chi connectivity index (χ0v) is 14.3. The first-order chi connectivity index (χ1) is 9.08. The van der Waals surface area contributed by atoms with Crippen LogP contribution in [0.25, 0.3) is 0 Å². The van der Waals surface area contributed by atoms with Gasteiger partial charge in [-0.05, 0) is 36.8 Å². The number of nitrogens with two attached hydrogens (primary N) is 2. The van der Waals surface area contributed by atoms with Crippen LogP contribution in [0.3, 0.4) is 0 Å². The average Bonchev–Trinajstić information content (AvgIpc) is 2.39. The molecule has 5 nitrogen and oxygen atoms in total. The van der Waals surface area contributed by atoms with Crippen LogP contribution >= 0.6 is 37.2 Å². The minimum atomic E-state index is -0.214. The van der Waals surface area contributed by atoms with Crippen molar-refractivity contribution < 1.29 is 4.79 Å². The molecule has 0 radical (unpaired) electrons. The lowest BCUT2D eigenvalue weighted by molar-refractivity contribution is 0.102. The molecular weight excluding hydrogens is 347 g/mol. The Balaban J connectivity index is 0. The molecule has 0 unspecified atom stereocenters. The van der Waals surface area contributed by atoms with Gasteiger partial charge in [0.25, 0.3) is 5.91 Å². The van der Waals surface area contributed by atoms with E-state index >= 15 is 0 Å². The number of pyridine rings is 1. The summed E-state index contributed by atoms with van der Waals surface area (Å²) in [5.41, 5.74) is 14.2. The monoisotopic (exact) mass is 364 g/mol. The third kappa shape index (κ3) is 5.69. The smallest absolute Gasteiger partial charge is 0.255 e. The second kappa shape index (κ2) is 10.2. The van der Waals surface area contributed by atoms with Crippen molar-refractivity contribution in [3.8, 4) is 0 Å². The van der Waals surface area contributed by atoms with Gasteiger partial charge in [-0.1, -0.05) is 6.07 Å². The number of nitrogens with one attached hydrogen (secondary N) is 1. The Morgan fingerprint density at radius 3 is 2.23 bits per heavy atom. The second-order valence-corrected chi connectivity index (χ2v) is 4.32. The van der Waals surface area contributed by atoms with E-state index in [1.54, 1.807) is 42.7 Å². The number of nitrogens with zero attached hydrogens (tertiary/aromatic N) is 1. The molecule has 2 aromatic rings. The second-order valence-electron chi connectivity index (χ2n) is 4.32. The van der Waals surface area contributed by atoms with E-state index in [0.717, 1.165) is 5.56 Å². The zero-order valence-electron chi connectivity index (χ0n) is 11.9. The summed E-state index contributed by atoms with van der Waals surface area (Å²) in [5.74, 6) is -0.214. The summed E-state index contributed by atoms with van der Waals surface area (Å²) in [6.07, 6.45) is 3.23. The van der Waals surface area contributed by atoms with Crippen LogP contribution in [-0.2, 0) is 0 Å². The maximum atomic E-state index is 12.0. The molecule has 5 N–H and O–H groups in total. The molecule has 0 bridgehead atoms. The van der Waals surface area contributed by atoms with Crippen molar-refractivity contribution >= 4 is 54.5 Å². The highest BCUT2D eigenvalue weighted by molar-refractivity contribution is 6.04. The van der Waals surface area contributed by atoms with E-state index < -0.39 is 0 Å². The molecule has 0 spiro atoms. The average molecular weight is 366 g/mol. The Bertz CT molecular complexity index is 594. The number of anilines is 2. The number of benzene rings is 1. The minimum Gasteiger partial charge on any atom is -0.398 e. The summed E-state index contributed by atoms with van der Waals surface area (Å²) in [7, 11) is 0. The van der Waals surface area contributed by atoms with Crippen molar-refractivity contribution in [1.29, 1.82) is 0 Å². The number of aromatic nitrogens is 1. The number of amides is 1. The summed E-state index contributed by atoms with van der Waals surface area (Å²) < 4.78 is 0. The molecule has 1 amide bonds. The maximum Gasteiger partial charge on any atom is 0.255 e. The molecule has 0 aliphatic rings. The Morgan fingerprint density at radius 1 is 1.14 bits per heavy atom. The molecule has 1 aromatic heterocycles. The molecule has 2 rings (SSSR count). The molecule has 22 heavy (non-hydrogen) atoms. The number of carbonyl (C=O) groups is 1. The zero-order chi connectivity index (χ0) is 13.8. The number of hydrogen-bond donors (Lipinski definition) is 3. The van der Waals surface area contributed by atoms with Gasteiger partial charge in [0.05, 0.1) is 0 Å². The van der Waals surface area contributed by atoms with Crippen LogP contribution in [0.4, 0.5) is 11.4 Å². The predicted molar refractivity (Wildman–Crippen MR) is 97.4 cm³/mol. The Labute approximate surface area is 148 Å². The molecule has 0 fully saturated rings. The first kappa shape index (κ1) is 22.7. The molecule has 122 valence electrons. The Hall–Kier alpha value is -1.53. The van der Waals surface area contributed by atoms with Gasteiger partial charge in [-0.15, -0.1) is 37.2 Å². The molecule has 1 aromatic carbocycles. The number of carbonyl (C=O) groups excluding carboxylic acids is 1. The lowest BCUT2D eigenvalue weighted by atomic mass is 10.0. The van der Waals surface area contributed by atoms with Crippen LogP contribution < -0.4 is 16.8 Å². The summed E-state index contributed by atoms with van der Waals surface area (Å²) in [4.78, 5) is 15.9. The van der Waals surface area contributed by atoms with Gasteiger partial charge in [0.15, 0.2) is 0 Å². The first-order valence-corrected chi connectivity index (χ1v) is 5.94. The van der Waals surface area contributed by atoms with Crippen LogP contribution in [-0.4, -0.2) is 10.9 Å². The molecular formula is C14H19Cl3N4O. The molecule has 0 saturated heterocycles. The van der Waals surface area contributed by atoms with Crippen LogP contribution in [0.1, 0.15) is 28.9 Å². The number of rotatable bonds is 3. The van der Waals surface area contributed by atoms with Gasteiger partial charge in [0.1, 0.15) is 0 Å². The predicted octanol–water partition coefficient (Wildman–Crippen LogP) is 3.20. The molecule has 8 heteroatoms. The van der Waals surface area contributed by atoms with E-state index in [4.69, 9.17) is 11.5 Å². The third-order valence-corrected chi connectivity index (χ3v) is 2.78. The van der Waals surface area contributed by atoms with E-state index in [-0.39, 0.29) is 49.2 Å². The highest BCUT2D eigenvalue weighted by Gasteiger charge is 2.10. The van der Waals surface area contributed by atoms with Crippen molar-refractivity contribution in [2.24, 2.45) is 5.73 Å². The van der Waals surface area contributed by atoms with Crippen molar-refractivity contribution in [1.82, 2.24) is 4.98 Å². The maximum absolute atomic E-state index is 12.0. The molecule has 1 heterocycles. The van der Waals surface area contributed by atoms with E-state index in [2.05, 4.69) is 10.3 Å². The van der Waals surface area contributed by atoms with Gasteiger partial charge in [0, 0.05) is 35.4 Å². The summed E-state index contributed by atoms with van der Waals surface area (Å²) in [5, 5.41) is 2.77. The Morgan fingerprint density at radius 2 is 1.73 bits per heavy atom. The topological polar surface area (TPSA) is 94.0 Å². The highest BCUT2D eigenvalue weighted by Crippen LogP contribution is 2.20. The number of halogens is 3. The molecule has 0 aliphatic carbocycles. The summed E-state index contributed by atoms with van der Waals surface area (Å²) in [6.45, 7) is 1.85. The van der Waals surface area contributed by atoms with Crippen LogP contribution in [0.5, 0.6) is 0 Å². The van der Waals surface area contributed by atoms with Gasteiger partial charge < -0.3 is 16.8 Å². The fourth-order valence-corrected chi connectivity index (χ4v) is 1.77. The normalized spacial score (nSPS) is 10.3. The molecule has 1 atom stereocenters. The van der Waals surface area contributed by atoms with E-state index in [0.29, 0.717) is 16.9 Å². The quantitative estimate of drug-likeness (QED) is 0.728. The van der Waals surface area contributed by atoms with E-state index in [1.807, 2.05) is 6.92 Å². The van der Waals surface area contributed by atoms with Gasteiger partial charge in [-0.3, -0.25) is 9.78 Å². The minimum absolute atomic E-state index is 0. The number of hydrogen-bond acceptors (Lipinski definition) is 4. The van der Waals surface area contributed by atoms with Crippen molar-refractivity contribution in [3.63, 3.8) is 0 Å². The van der Waals surface area contributed by atoms with Crippen molar-refractivity contribution in [2.75, 3.05) is 11.1 Å². The number of nitrogen functional groups attached to an aromatic ring is 1. The van der Waals surface area contributed by atoms with Gasteiger partial charge in [-0.25, -0.2) is 0 Å². The lowest BCUT2D eigenvalue weighted by Crippen LogP contribution is -2.14. The fourth-order valence-electron chi connectivity index (χ4n) is 1.77. The molecule has 0 aliphatic heterocycles. The summed E-state index contributed by atoms with van der Waals surface area (Å²) in [6, 6.07) is 8.41. The van der Waals surface area contributed by atoms with E-state index in [9.17, 15) is 4.79 Å². The fraction of sp³-hybridized carbons (Fsp3) is 0.143. The van der Waals surface area contributed by atoms with Crippen LogP contribution in [0, 0.1) is 0 Å². The standard InChI is InChI=1S/C14H16N4O.3ClH/c1-9(15)12-3-2-10(8-13(12)16)14(19)18-11-4-6-17-7-5-11;;;/h2-9H,15-16H2,1H3,(H,17,18,19);3*1H/t9-;;;/m1.../s1. The third-order valence-electron chi connectivity index (χ3n) is 2.78. The largest absolute Gasteiger partial charge is 0.398 e. The van der Waals surface area contributed by atoms with Gasteiger partial charge in [0.2, 0.25) is 0 Å². The molecule has 0 saturated carbocycles.